The molecule has 0 saturated heterocycles. The van der Waals surface area contributed by atoms with Crippen LogP contribution in [0.15, 0.2) is 77.3 Å². The molecule has 1 aliphatic rings. The monoisotopic (exact) mass is 384 g/mol. The molecule has 0 aliphatic carbocycles. The summed E-state index contributed by atoms with van der Waals surface area (Å²) in [7, 11) is -0.656. The molecule has 23 heavy (non-hydrogen) atoms. The van der Waals surface area contributed by atoms with E-state index < -0.39 is 7.92 Å². The summed E-state index contributed by atoms with van der Waals surface area (Å²) in [6.07, 6.45) is 0. The number of hydrogen-bond acceptors (Lipinski definition) is 2. The molecule has 0 radical (unpaired) electrons. The summed E-state index contributed by atoms with van der Waals surface area (Å²) in [4.78, 5) is 0. The summed E-state index contributed by atoms with van der Waals surface area (Å²) in [5.41, 5.74) is 0. The highest BCUT2D eigenvalue weighted by atomic mass is 79.9. The predicted octanol–water partition coefficient (Wildman–Crippen LogP) is 3.94. The molecule has 3 aromatic carbocycles. The fraction of sp³-hybridized carbons (Fsp3) is 0.0526. The van der Waals surface area contributed by atoms with Gasteiger partial charge >= 0.3 is 0 Å². The molecule has 0 fully saturated rings. The summed E-state index contributed by atoms with van der Waals surface area (Å²) in [5, 5.41) is 3.86. The molecule has 114 valence electrons. The van der Waals surface area contributed by atoms with E-state index in [0.717, 1.165) is 16.0 Å². The van der Waals surface area contributed by atoms with Crippen molar-refractivity contribution in [3.8, 4) is 11.5 Å². The molecule has 0 atom stereocenters. The summed E-state index contributed by atoms with van der Waals surface area (Å²) < 4.78 is 12.1. The van der Waals surface area contributed by atoms with Gasteiger partial charge in [-0.15, -0.1) is 0 Å². The molecule has 3 aromatic rings. The topological polar surface area (TPSA) is 18.5 Å². The van der Waals surface area contributed by atoms with Gasteiger partial charge in [-0.05, 0) is 46.6 Å². The second-order valence-electron chi connectivity index (χ2n) is 5.16. The van der Waals surface area contributed by atoms with Crippen molar-refractivity contribution in [1.82, 2.24) is 0 Å². The van der Waals surface area contributed by atoms with Gasteiger partial charge in [-0.25, -0.2) is 0 Å². The van der Waals surface area contributed by atoms with Crippen LogP contribution in [0.3, 0.4) is 0 Å². The molecule has 4 heteroatoms. The summed E-state index contributed by atoms with van der Waals surface area (Å²) in [6, 6.07) is 25.4. The third kappa shape index (κ3) is 2.87. The lowest BCUT2D eigenvalue weighted by Gasteiger charge is -2.21. The Morgan fingerprint density at radius 1 is 0.739 bits per heavy atom. The molecular formula is C19H14BrO2P. The molecule has 1 heterocycles. The van der Waals surface area contributed by atoms with Crippen molar-refractivity contribution in [3.63, 3.8) is 0 Å². The highest BCUT2D eigenvalue weighted by Gasteiger charge is 2.23. The maximum Gasteiger partial charge on any atom is 0.231 e. The van der Waals surface area contributed by atoms with Gasteiger partial charge in [0.1, 0.15) is 0 Å². The van der Waals surface area contributed by atoms with Crippen LogP contribution in [0.5, 0.6) is 11.5 Å². The average Bonchev–Trinajstić information content (AvgIpc) is 3.04. The van der Waals surface area contributed by atoms with Gasteiger partial charge in [-0.2, -0.15) is 0 Å². The summed E-state index contributed by atoms with van der Waals surface area (Å²) in [5.74, 6) is 1.62. The lowest BCUT2D eigenvalue weighted by Crippen LogP contribution is -2.21. The number of halogens is 1. The summed E-state index contributed by atoms with van der Waals surface area (Å²) in [6.45, 7) is 0.291. The van der Waals surface area contributed by atoms with E-state index in [-0.39, 0.29) is 0 Å². The van der Waals surface area contributed by atoms with E-state index in [0.29, 0.717) is 6.79 Å². The van der Waals surface area contributed by atoms with Gasteiger partial charge in [0.15, 0.2) is 11.5 Å². The number of ether oxygens (including phenoxy) is 2. The van der Waals surface area contributed by atoms with Crippen LogP contribution in [0.1, 0.15) is 0 Å². The lowest BCUT2D eigenvalue weighted by molar-refractivity contribution is 0.174. The molecule has 0 unspecified atom stereocenters. The van der Waals surface area contributed by atoms with Gasteiger partial charge in [-0.3, -0.25) is 0 Å². The van der Waals surface area contributed by atoms with Crippen molar-refractivity contribution >= 4 is 39.8 Å². The quantitative estimate of drug-likeness (QED) is 0.636. The van der Waals surface area contributed by atoms with Crippen LogP contribution in [0.2, 0.25) is 0 Å². The predicted molar refractivity (Wildman–Crippen MR) is 99.0 cm³/mol. The van der Waals surface area contributed by atoms with E-state index in [2.05, 4.69) is 82.7 Å². The maximum absolute atomic E-state index is 5.58. The van der Waals surface area contributed by atoms with Gasteiger partial charge < -0.3 is 9.47 Å². The fourth-order valence-electron chi connectivity index (χ4n) is 2.66. The first-order valence-corrected chi connectivity index (χ1v) is 9.46. The summed E-state index contributed by atoms with van der Waals surface area (Å²) >= 11 is 3.73. The highest BCUT2D eigenvalue weighted by Crippen LogP contribution is 2.41. The Labute approximate surface area is 144 Å². The Hall–Kier alpha value is -1.83. The smallest absolute Gasteiger partial charge is 0.231 e. The van der Waals surface area contributed by atoms with Crippen LogP contribution in [-0.2, 0) is 0 Å². The molecule has 0 saturated carbocycles. The number of fused-ring (bicyclic) bond motifs is 1. The van der Waals surface area contributed by atoms with Gasteiger partial charge in [0.05, 0.1) is 0 Å². The largest absolute Gasteiger partial charge is 0.454 e. The van der Waals surface area contributed by atoms with Crippen molar-refractivity contribution < 1.29 is 9.47 Å². The Bertz CT molecular complexity index is 782. The molecule has 0 bridgehead atoms. The van der Waals surface area contributed by atoms with Crippen molar-refractivity contribution in [2.24, 2.45) is 0 Å². The molecule has 0 amide bonds. The normalized spacial score (nSPS) is 12.6. The minimum Gasteiger partial charge on any atom is -0.454 e. The molecule has 0 N–H and O–H groups in total. The van der Waals surface area contributed by atoms with Crippen LogP contribution in [0, 0.1) is 0 Å². The average molecular weight is 385 g/mol. The van der Waals surface area contributed by atoms with Crippen molar-refractivity contribution in [2.75, 3.05) is 6.79 Å². The zero-order chi connectivity index (χ0) is 15.6. The van der Waals surface area contributed by atoms with Crippen molar-refractivity contribution in [3.05, 3.63) is 77.3 Å². The standard InChI is InChI=1S/C19H14BrO2P/c20-16-11-17-18(22-13-21-17)12-19(16)23(14-7-3-1-4-8-14)15-9-5-2-6-10-15/h1-12H,13H2. The van der Waals surface area contributed by atoms with Crippen molar-refractivity contribution in [2.45, 2.75) is 0 Å². The Kier molecular flexibility index (Phi) is 4.07. The molecule has 4 rings (SSSR count). The SMILES string of the molecule is Brc1cc2c(cc1P(c1ccccc1)c1ccccc1)OCO2. The van der Waals surface area contributed by atoms with E-state index in [1.807, 2.05) is 6.07 Å². The van der Waals surface area contributed by atoms with Gasteiger partial charge in [0, 0.05) is 9.78 Å². The van der Waals surface area contributed by atoms with Crippen LogP contribution in [0.4, 0.5) is 0 Å². The Morgan fingerprint density at radius 3 is 1.83 bits per heavy atom. The zero-order valence-electron chi connectivity index (χ0n) is 12.3. The van der Waals surface area contributed by atoms with Crippen LogP contribution in [-0.4, -0.2) is 6.79 Å². The maximum atomic E-state index is 5.58. The Balaban J connectivity index is 1.90. The van der Waals surface area contributed by atoms with Crippen molar-refractivity contribution in [1.29, 1.82) is 0 Å². The number of benzene rings is 3. The molecule has 0 aromatic heterocycles. The van der Waals surface area contributed by atoms with Crippen LogP contribution in [0.25, 0.3) is 0 Å². The second kappa shape index (κ2) is 6.35. The lowest BCUT2D eigenvalue weighted by atomic mass is 10.3. The zero-order valence-corrected chi connectivity index (χ0v) is 14.8. The minimum absolute atomic E-state index is 0.291. The Morgan fingerprint density at radius 2 is 1.26 bits per heavy atom. The highest BCUT2D eigenvalue weighted by molar-refractivity contribution is 9.10. The first-order chi connectivity index (χ1) is 11.3. The minimum atomic E-state index is -0.656. The van der Waals surface area contributed by atoms with E-state index in [4.69, 9.17) is 9.47 Å². The first kappa shape index (κ1) is 14.7. The first-order valence-electron chi connectivity index (χ1n) is 7.32. The van der Waals surface area contributed by atoms with E-state index in [1.165, 1.54) is 15.9 Å². The van der Waals surface area contributed by atoms with Gasteiger partial charge in [0.25, 0.3) is 0 Å². The molecule has 2 nitrogen and oxygen atoms in total. The number of hydrogen-bond donors (Lipinski definition) is 0. The van der Waals surface area contributed by atoms with Gasteiger partial charge in [-0.1, -0.05) is 60.7 Å². The van der Waals surface area contributed by atoms with Crippen LogP contribution >= 0.6 is 23.9 Å². The third-order valence-electron chi connectivity index (χ3n) is 3.71. The number of rotatable bonds is 3. The van der Waals surface area contributed by atoms with Crippen LogP contribution < -0.4 is 25.4 Å². The van der Waals surface area contributed by atoms with Gasteiger partial charge in [0.2, 0.25) is 6.79 Å². The second-order valence-corrected chi connectivity index (χ2v) is 8.20. The molecular weight excluding hydrogens is 371 g/mol. The fourth-order valence-corrected chi connectivity index (χ4v) is 5.83. The molecule has 0 spiro atoms. The van der Waals surface area contributed by atoms with E-state index in [1.54, 1.807) is 0 Å². The van der Waals surface area contributed by atoms with E-state index in [9.17, 15) is 0 Å². The van der Waals surface area contributed by atoms with E-state index >= 15 is 0 Å². The molecule has 1 aliphatic heterocycles. The third-order valence-corrected chi connectivity index (χ3v) is 7.16.